The first-order valence-electron chi connectivity index (χ1n) is 9.91. The van der Waals surface area contributed by atoms with E-state index in [2.05, 4.69) is 30.0 Å². The van der Waals surface area contributed by atoms with E-state index in [9.17, 15) is 0 Å². The van der Waals surface area contributed by atoms with Crippen LogP contribution in [-0.2, 0) is 4.74 Å². The Morgan fingerprint density at radius 2 is 2.07 bits per heavy atom. The van der Waals surface area contributed by atoms with E-state index in [0.717, 1.165) is 40.1 Å². The summed E-state index contributed by atoms with van der Waals surface area (Å²) in [6, 6.07) is 5.67. The van der Waals surface area contributed by atoms with Crippen molar-refractivity contribution in [3.8, 4) is 16.3 Å². The van der Waals surface area contributed by atoms with Gasteiger partial charge in [0.1, 0.15) is 10.8 Å². The molecule has 160 valence electrons. The number of benzene rings is 1. The number of rotatable bonds is 10. The number of hydrogen-bond acceptors (Lipinski definition) is 5. The Morgan fingerprint density at radius 1 is 1.30 bits per heavy atom. The molecular formula is C24H29ClN2O2S. The summed E-state index contributed by atoms with van der Waals surface area (Å²) >= 11 is 7.70. The van der Waals surface area contributed by atoms with Crippen LogP contribution in [0.1, 0.15) is 46.4 Å². The lowest BCUT2D eigenvalue weighted by molar-refractivity contribution is 0.242. The summed E-state index contributed by atoms with van der Waals surface area (Å²) in [4.78, 5) is 4.69. The summed E-state index contributed by atoms with van der Waals surface area (Å²) in [7, 11) is 1.64. The monoisotopic (exact) mass is 444 g/mol. The van der Waals surface area contributed by atoms with Gasteiger partial charge in [-0.1, -0.05) is 37.3 Å². The molecule has 1 heterocycles. The summed E-state index contributed by atoms with van der Waals surface area (Å²) in [5, 5.41) is 1.35. The third kappa shape index (κ3) is 6.57. The fraction of sp³-hybridized carbons (Fsp3) is 0.333. The third-order valence-electron chi connectivity index (χ3n) is 4.32. The zero-order chi connectivity index (χ0) is 22.1. The van der Waals surface area contributed by atoms with Crippen LogP contribution in [0.15, 0.2) is 60.4 Å². The van der Waals surface area contributed by atoms with Crippen molar-refractivity contribution in [3.05, 3.63) is 71.3 Å². The molecule has 6 heteroatoms. The van der Waals surface area contributed by atoms with Crippen LogP contribution in [0.4, 0.5) is 0 Å². The van der Waals surface area contributed by atoms with Crippen LogP contribution in [-0.4, -0.2) is 22.6 Å². The predicted molar refractivity (Wildman–Crippen MR) is 128 cm³/mol. The zero-order valence-corrected chi connectivity index (χ0v) is 19.8. The molecule has 4 nitrogen and oxygen atoms in total. The van der Waals surface area contributed by atoms with Crippen LogP contribution in [0.2, 0.25) is 5.02 Å². The number of aromatic nitrogens is 2. The molecule has 30 heavy (non-hydrogen) atoms. The van der Waals surface area contributed by atoms with Crippen LogP contribution >= 0.6 is 23.1 Å². The molecule has 2 rings (SSSR count). The molecule has 0 unspecified atom stereocenters. The predicted octanol–water partition coefficient (Wildman–Crippen LogP) is 7.49. The number of hydrogen-bond donors (Lipinski definition) is 0. The van der Waals surface area contributed by atoms with Crippen LogP contribution in [0, 0.1) is 0 Å². The van der Waals surface area contributed by atoms with Crippen LogP contribution in [0.3, 0.4) is 0 Å². The fourth-order valence-electron chi connectivity index (χ4n) is 2.68. The van der Waals surface area contributed by atoms with Gasteiger partial charge in [0.2, 0.25) is 0 Å². The van der Waals surface area contributed by atoms with Gasteiger partial charge in [0.25, 0.3) is 0 Å². The minimum absolute atomic E-state index is 0.0630. The van der Waals surface area contributed by atoms with Crippen molar-refractivity contribution in [1.82, 2.24) is 9.36 Å². The van der Waals surface area contributed by atoms with Crippen molar-refractivity contribution in [2.45, 2.75) is 46.6 Å². The molecule has 0 aliphatic heterocycles. The van der Waals surface area contributed by atoms with Crippen molar-refractivity contribution in [1.29, 1.82) is 0 Å². The summed E-state index contributed by atoms with van der Waals surface area (Å²) in [5.74, 6) is 1.28. The van der Waals surface area contributed by atoms with Crippen LogP contribution in [0.5, 0.6) is 5.75 Å². The number of allylic oxidation sites excluding steroid dienone is 6. The van der Waals surface area contributed by atoms with Gasteiger partial charge in [0.15, 0.2) is 5.82 Å². The van der Waals surface area contributed by atoms with Gasteiger partial charge in [0.05, 0.1) is 24.5 Å². The van der Waals surface area contributed by atoms with E-state index in [-0.39, 0.29) is 6.10 Å². The highest BCUT2D eigenvalue weighted by atomic mass is 35.5. The average Bonchev–Trinajstić information content (AvgIpc) is 3.21. The quantitative estimate of drug-likeness (QED) is 0.216. The largest absolute Gasteiger partial charge is 0.504 e. The van der Waals surface area contributed by atoms with E-state index < -0.39 is 0 Å². The van der Waals surface area contributed by atoms with Gasteiger partial charge in [-0.15, -0.1) is 0 Å². The maximum absolute atomic E-state index is 6.37. The first-order valence-corrected chi connectivity index (χ1v) is 11.1. The fourth-order valence-corrected chi connectivity index (χ4v) is 3.59. The van der Waals surface area contributed by atoms with E-state index in [1.807, 2.05) is 45.0 Å². The van der Waals surface area contributed by atoms with Gasteiger partial charge in [0, 0.05) is 11.1 Å². The van der Waals surface area contributed by atoms with Gasteiger partial charge in [-0.3, -0.25) is 0 Å². The minimum atomic E-state index is 0.0630. The Morgan fingerprint density at radius 3 is 2.70 bits per heavy atom. The Kier molecular flexibility index (Phi) is 9.34. The second-order valence-corrected chi connectivity index (χ2v) is 8.15. The second kappa shape index (κ2) is 11.7. The van der Waals surface area contributed by atoms with Crippen LogP contribution < -0.4 is 4.74 Å². The SMILES string of the molecule is C=C(C(C)=C(C=COC)CC=CCC)c1nsc(-c2ccc(OC(C)C)c(Cl)c2)n1. The molecule has 1 aromatic heterocycles. The number of ether oxygens (including phenoxy) is 2. The molecule has 0 aliphatic rings. The summed E-state index contributed by atoms with van der Waals surface area (Å²) in [5.41, 5.74) is 3.84. The van der Waals surface area contributed by atoms with Gasteiger partial charge in [-0.25, -0.2) is 4.98 Å². The zero-order valence-electron chi connectivity index (χ0n) is 18.2. The van der Waals surface area contributed by atoms with Gasteiger partial charge >= 0.3 is 0 Å². The van der Waals surface area contributed by atoms with E-state index >= 15 is 0 Å². The average molecular weight is 445 g/mol. The molecule has 0 aliphatic carbocycles. The molecule has 0 fully saturated rings. The van der Waals surface area contributed by atoms with Gasteiger partial charge in [-0.05, 0) is 80.6 Å². The van der Waals surface area contributed by atoms with E-state index in [1.54, 1.807) is 13.4 Å². The van der Waals surface area contributed by atoms with Crippen molar-refractivity contribution >= 4 is 28.7 Å². The molecule has 0 N–H and O–H groups in total. The summed E-state index contributed by atoms with van der Waals surface area (Å²) in [6.07, 6.45) is 9.79. The van der Waals surface area contributed by atoms with Crippen molar-refractivity contribution in [2.24, 2.45) is 0 Å². The minimum Gasteiger partial charge on any atom is -0.504 e. The first-order chi connectivity index (χ1) is 14.4. The lowest BCUT2D eigenvalue weighted by atomic mass is 9.99. The maximum Gasteiger partial charge on any atom is 0.173 e. The smallest absolute Gasteiger partial charge is 0.173 e. The first kappa shape index (κ1) is 23.9. The molecule has 0 saturated heterocycles. The second-order valence-electron chi connectivity index (χ2n) is 6.99. The standard InChI is InChI=1S/C24H29ClN2O2S/c1-7-8-9-10-19(13-14-28-6)17(4)18(5)23-26-24(30-27-23)20-11-12-22(21(25)15-20)29-16(2)3/h8-9,11-16H,5,7,10H2,1-4,6H3. The molecule has 0 radical (unpaired) electrons. The Labute approximate surface area is 188 Å². The van der Waals surface area contributed by atoms with Crippen molar-refractivity contribution in [3.63, 3.8) is 0 Å². The van der Waals surface area contributed by atoms with E-state index in [1.165, 1.54) is 11.5 Å². The lowest BCUT2D eigenvalue weighted by Gasteiger charge is -2.11. The molecule has 1 aromatic carbocycles. The van der Waals surface area contributed by atoms with Gasteiger partial charge in [-0.2, -0.15) is 4.37 Å². The molecule has 0 amide bonds. The lowest BCUT2D eigenvalue weighted by Crippen LogP contribution is -2.05. The van der Waals surface area contributed by atoms with Crippen molar-refractivity contribution in [2.75, 3.05) is 7.11 Å². The van der Waals surface area contributed by atoms with Crippen LogP contribution in [0.25, 0.3) is 16.1 Å². The molecule has 0 saturated carbocycles. The Hall–Kier alpha value is -2.37. The van der Waals surface area contributed by atoms with Crippen molar-refractivity contribution < 1.29 is 9.47 Å². The highest BCUT2D eigenvalue weighted by Gasteiger charge is 2.14. The highest BCUT2D eigenvalue weighted by molar-refractivity contribution is 7.09. The maximum atomic E-state index is 6.37. The topological polar surface area (TPSA) is 44.2 Å². The number of methoxy groups -OCH3 is 1. The summed E-state index contributed by atoms with van der Waals surface area (Å²) in [6.45, 7) is 12.3. The van der Waals surface area contributed by atoms with E-state index in [4.69, 9.17) is 26.1 Å². The van der Waals surface area contributed by atoms with E-state index in [0.29, 0.717) is 16.6 Å². The summed E-state index contributed by atoms with van der Waals surface area (Å²) < 4.78 is 15.3. The third-order valence-corrected chi connectivity index (χ3v) is 5.38. The molecule has 0 bridgehead atoms. The Balaban J connectivity index is 2.29. The molecular weight excluding hydrogens is 416 g/mol. The Bertz CT molecular complexity index is 958. The molecule has 2 aromatic rings. The number of nitrogens with zero attached hydrogens (tertiary/aromatic N) is 2. The number of halogens is 1. The van der Waals surface area contributed by atoms with Gasteiger partial charge < -0.3 is 9.47 Å². The highest BCUT2D eigenvalue weighted by Crippen LogP contribution is 2.33. The molecule has 0 atom stereocenters. The normalized spacial score (nSPS) is 12.6. The molecule has 0 spiro atoms.